The molecule has 0 heteroatoms. The van der Waals surface area contributed by atoms with Crippen molar-refractivity contribution in [3.8, 4) is 0 Å². The van der Waals surface area contributed by atoms with E-state index in [-0.39, 0.29) is 0 Å². The molecule has 0 radical (unpaired) electrons. The first-order chi connectivity index (χ1) is 5.43. The molecule has 0 saturated carbocycles. The largest absolute Gasteiger partial charge is 0.0679 e. The second-order valence-electron chi connectivity index (χ2n) is 5.26. The van der Waals surface area contributed by atoms with Gasteiger partial charge in [-0.2, -0.15) is 0 Å². The Bertz CT molecular complexity index is 189. The SMILES string of the molecule is CC(C)C1=C(C(C)(C)C)CCC1. The molecular formula is C12H22. The van der Waals surface area contributed by atoms with Crippen molar-refractivity contribution in [1.29, 1.82) is 0 Å². The lowest BCUT2D eigenvalue weighted by Gasteiger charge is -2.24. The van der Waals surface area contributed by atoms with E-state index in [9.17, 15) is 0 Å². The summed E-state index contributed by atoms with van der Waals surface area (Å²) in [6.45, 7) is 11.7. The molecule has 0 fully saturated rings. The van der Waals surface area contributed by atoms with Crippen LogP contribution < -0.4 is 0 Å². The third kappa shape index (κ3) is 1.91. The van der Waals surface area contributed by atoms with Crippen LogP contribution in [-0.2, 0) is 0 Å². The maximum atomic E-state index is 2.34. The van der Waals surface area contributed by atoms with Gasteiger partial charge in [0.2, 0.25) is 0 Å². The number of rotatable bonds is 1. The zero-order valence-corrected chi connectivity index (χ0v) is 9.20. The summed E-state index contributed by atoms with van der Waals surface area (Å²) in [6.07, 6.45) is 4.08. The van der Waals surface area contributed by atoms with E-state index in [2.05, 4.69) is 34.6 Å². The second-order valence-corrected chi connectivity index (χ2v) is 5.26. The van der Waals surface area contributed by atoms with Gasteiger partial charge in [0, 0.05) is 0 Å². The minimum atomic E-state index is 0.413. The van der Waals surface area contributed by atoms with Crippen molar-refractivity contribution in [3.05, 3.63) is 11.1 Å². The smallest absolute Gasteiger partial charge is 0.0170 e. The van der Waals surface area contributed by atoms with Gasteiger partial charge in [-0.05, 0) is 30.6 Å². The molecular weight excluding hydrogens is 144 g/mol. The van der Waals surface area contributed by atoms with E-state index in [1.54, 1.807) is 11.1 Å². The van der Waals surface area contributed by atoms with Crippen molar-refractivity contribution < 1.29 is 0 Å². The molecule has 0 aliphatic heterocycles. The molecule has 0 bridgehead atoms. The highest BCUT2D eigenvalue weighted by Crippen LogP contribution is 2.41. The molecule has 0 N–H and O–H groups in total. The lowest BCUT2D eigenvalue weighted by Crippen LogP contribution is -2.10. The van der Waals surface area contributed by atoms with Gasteiger partial charge in [0.1, 0.15) is 0 Å². The van der Waals surface area contributed by atoms with Crippen molar-refractivity contribution >= 4 is 0 Å². The highest BCUT2D eigenvalue weighted by molar-refractivity contribution is 5.25. The van der Waals surface area contributed by atoms with Crippen molar-refractivity contribution in [2.75, 3.05) is 0 Å². The van der Waals surface area contributed by atoms with Crippen LogP contribution in [0.4, 0.5) is 0 Å². The lowest BCUT2D eigenvalue weighted by molar-refractivity contribution is 0.481. The monoisotopic (exact) mass is 166 g/mol. The zero-order valence-electron chi connectivity index (χ0n) is 9.20. The first kappa shape index (κ1) is 9.83. The third-order valence-electron chi connectivity index (χ3n) is 2.86. The summed E-state index contributed by atoms with van der Waals surface area (Å²) in [7, 11) is 0. The molecule has 1 rings (SSSR count). The summed E-state index contributed by atoms with van der Waals surface area (Å²) in [5, 5.41) is 0. The van der Waals surface area contributed by atoms with Gasteiger partial charge in [0.15, 0.2) is 0 Å². The molecule has 70 valence electrons. The average Bonchev–Trinajstić information content (AvgIpc) is 2.30. The Balaban J connectivity index is 2.92. The van der Waals surface area contributed by atoms with Crippen LogP contribution in [0.15, 0.2) is 11.1 Å². The van der Waals surface area contributed by atoms with E-state index in [0.717, 1.165) is 5.92 Å². The van der Waals surface area contributed by atoms with Gasteiger partial charge < -0.3 is 0 Å². The predicted octanol–water partition coefficient (Wildman–Crippen LogP) is 4.17. The van der Waals surface area contributed by atoms with Crippen LogP contribution in [0.3, 0.4) is 0 Å². The summed E-state index contributed by atoms with van der Waals surface area (Å²) in [4.78, 5) is 0. The topological polar surface area (TPSA) is 0 Å². The first-order valence-corrected chi connectivity index (χ1v) is 5.15. The van der Waals surface area contributed by atoms with Crippen LogP contribution in [0, 0.1) is 11.3 Å². The van der Waals surface area contributed by atoms with Crippen molar-refractivity contribution in [1.82, 2.24) is 0 Å². The predicted molar refractivity (Wildman–Crippen MR) is 55.2 cm³/mol. The van der Waals surface area contributed by atoms with Gasteiger partial charge in [0.05, 0.1) is 0 Å². The van der Waals surface area contributed by atoms with Crippen LogP contribution in [-0.4, -0.2) is 0 Å². The average molecular weight is 166 g/mol. The Labute approximate surface area is 77.1 Å². The standard InChI is InChI=1S/C12H22/c1-9(2)10-7-6-8-11(10)12(3,4)5/h9H,6-8H2,1-5H3. The van der Waals surface area contributed by atoms with E-state index in [1.165, 1.54) is 19.3 Å². The maximum Gasteiger partial charge on any atom is -0.0170 e. The third-order valence-corrected chi connectivity index (χ3v) is 2.86. The van der Waals surface area contributed by atoms with Crippen LogP contribution in [0.1, 0.15) is 53.9 Å². The summed E-state index contributed by atoms with van der Waals surface area (Å²) in [5.74, 6) is 0.765. The summed E-state index contributed by atoms with van der Waals surface area (Å²) >= 11 is 0. The normalized spacial score (nSPS) is 19.5. The highest BCUT2D eigenvalue weighted by Gasteiger charge is 2.25. The fourth-order valence-corrected chi connectivity index (χ4v) is 2.26. The Kier molecular flexibility index (Phi) is 2.65. The number of hydrogen-bond donors (Lipinski definition) is 0. The summed E-state index contributed by atoms with van der Waals surface area (Å²) < 4.78 is 0. The molecule has 0 aromatic carbocycles. The minimum Gasteiger partial charge on any atom is -0.0679 e. The molecule has 12 heavy (non-hydrogen) atoms. The molecule has 0 aromatic heterocycles. The van der Waals surface area contributed by atoms with Crippen molar-refractivity contribution in [3.63, 3.8) is 0 Å². The van der Waals surface area contributed by atoms with Gasteiger partial charge in [-0.3, -0.25) is 0 Å². The molecule has 1 aliphatic rings. The fraction of sp³-hybridized carbons (Fsp3) is 0.833. The summed E-state index contributed by atoms with van der Waals surface area (Å²) in [6, 6.07) is 0. The van der Waals surface area contributed by atoms with E-state index >= 15 is 0 Å². The van der Waals surface area contributed by atoms with E-state index < -0.39 is 0 Å². The molecule has 0 nitrogen and oxygen atoms in total. The maximum absolute atomic E-state index is 2.34. The van der Waals surface area contributed by atoms with Crippen molar-refractivity contribution in [2.45, 2.75) is 53.9 Å². The molecule has 0 heterocycles. The van der Waals surface area contributed by atoms with Crippen LogP contribution in [0.25, 0.3) is 0 Å². The Hall–Kier alpha value is -0.260. The zero-order chi connectivity index (χ0) is 9.35. The Morgan fingerprint density at radius 2 is 1.67 bits per heavy atom. The Morgan fingerprint density at radius 3 is 2.00 bits per heavy atom. The molecule has 1 aliphatic carbocycles. The van der Waals surface area contributed by atoms with E-state index in [1.807, 2.05) is 0 Å². The number of hydrogen-bond acceptors (Lipinski definition) is 0. The first-order valence-electron chi connectivity index (χ1n) is 5.15. The summed E-state index contributed by atoms with van der Waals surface area (Å²) in [5.41, 5.74) is 3.89. The second kappa shape index (κ2) is 3.24. The van der Waals surface area contributed by atoms with Gasteiger partial charge in [-0.1, -0.05) is 45.8 Å². The fourth-order valence-electron chi connectivity index (χ4n) is 2.26. The van der Waals surface area contributed by atoms with Gasteiger partial charge in [0.25, 0.3) is 0 Å². The molecule has 0 amide bonds. The van der Waals surface area contributed by atoms with Crippen LogP contribution in [0.5, 0.6) is 0 Å². The van der Waals surface area contributed by atoms with Crippen molar-refractivity contribution in [2.24, 2.45) is 11.3 Å². The molecule has 0 aromatic rings. The van der Waals surface area contributed by atoms with Crippen LogP contribution >= 0.6 is 0 Å². The van der Waals surface area contributed by atoms with E-state index in [0.29, 0.717) is 5.41 Å². The highest BCUT2D eigenvalue weighted by atomic mass is 14.3. The lowest BCUT2D eigenvalue weighted by atomic mass is 9.82. The molecule has 0 atom stereocenters. The van der Waals surface area contributed by atoms with Gasteiger partial charge >= 0.3 is 0 Å². The number of allylic oxidation sites excluding steroid dienone is 2. The molecule has 0 spiro atoms. The van der Waals surface area contributed by atoms with Crippen LogP contribution in [0.2, 0.25) is 0 Å². The molecule has 0 saturated heterocycles. The van der Waals surface area contributed by atoms with Gasteiger partial charge in [-0.25, -0.2) is 0 Å². The van der Waals surface area contributed by atoms with Gasteiger partial charge in [-0.15, -0.1) is 0 Å². The minimum absolute atomic E-state index is 0.413. The molecule has 0 unspecified atom stereocenters. The quantitative estimate of drug-likeness (QED) is 0.513. The Morgan fingerprint density at radius 1 is 1.08 bits per heavy atom. The van der Waals surface area contributed by atoms with E-state index in [4.69, 9.17) is 0 Å².